The molecule has 0 spiro atoms. The topological polar surface area (TPSA) is 42.9 Å². The van der Waals surface area contributed by atoms with E-state index in [0.717, 1.165) is 71.8 Å². The van der Waals surface area contributed by atoms with Crippen LogP contribution in [0, 0.1) is 17.9 Å². The lowest BCUT2D eigenvalue weighted by Crippen LogP contribution is -2.02. The second-order valence-electron chi connectivity index (χ2n) is 13.9. The quantitative estimate of drug-likeness (QED) is 0.169. The number of nitrogens with zero attached hydrogens (tertiary/aromatic N) is 5. The largest absolute Gasteiger partial charge is 0.310 e. The molecular weight excluding hydrogens is 671 g/mol. The van der Waals surface area contributed by atoms with Crippen LogP contribution in [-0.2, 0) is 0 Å². The van der Waals surface area contributed by atoms with Crippen LogP contribution in [0.15, 0.2) is 176 Å². The lowest BCUT2D eigenvalue weighted by molar-refractivity contribution is 1.15. The minimum atomic E-state index is 0.555. The van der Waals surface area contributed by atoms with Crippen molar-refractivity contribution in [1.82, 2.24) is 13.7 Å². The van der Waals surface area contributed by atoms with E-state index >= 15 is 0 Å². The molecule has 0 saturated carbocycles. The van der Waals surface area contributed by atoms with Gasteiger partial charge in [0.15, 0.2) is 5.69 Å². The van der Waals surface area contributed by atoms with E-state index in [0.29, 0.717) is 11.3 Å². The molecule has 0 atom stereocenters. The molecule has 0 bridgehead atoms. The normalized spacial score (nSPS) is 11.6. The van der Waals surface area contributed by atoms with E-state index in [1.165, 1.54) is 21.8 Å². The van der Waals surface area contributed by atoms with Crippen LogP contribution in [0.3, 0.4) is 0 Å². The van der Waals surface area contributed by atoms with E-state index in [9.17, 15) is 5.26 Å². The average Bonchev–Trinajstić information content (AvgIpc) is 3.89. The van der Waals surface area contributed by atoms with E-state index < -0.39 is 0 Å². The monoisotopic (exact) mass is 699 g/mol. The summed E-state index contributed by atoms with van der Waals surface area (Å²) in [7, 11) is 0. The van der Waals surface area contributed by atoms with Crippen molar-refractivity contribution in [2.75, 3.05) is 0 Å². The van der Waals surface area contributed by atoms with E-state index in [4.69, 9.17) is 6.57 Å². The van der Waals surface area contributed by atoms with Crippen LogP contribution < -0.4 is 0 Å². The fourth-order valence-electron chi connectivity index (χ4n) is 8.88. The lowest BCUT2D eigenvalue weighted by atomic mass is 9.98. The molecule has 8 aromatic carbocycles. The summed E-state index contributed by atoms with van der Waals surface area (Å²) in [5.41, 5.74) is 12.1. The number of fused-ring (bicyclic) bond motifs is 9. The van der Waals surface area contributed by atoms with E-state index in [1.807, 2.05) is 48.5 Å². The Bertz CT molecular complexity index is 3420. The number of hydrogen-bond donors (Lipinski definition) is 0. The molecule has 11 rings (SSSR count). The molecule has 0 fully saturated rings. The van der Waals surface area contributed by atoms with Gasteiger partial charge in [-0.05, 0) is 66.2 Å². The Labute approximate surface area is 316 Å². The molecule has 0 radical (unpaired) electrons. The van der Waals surface area contributed by atoms with Gasteiger partial charge >= 0.3 is 0 Å². The van der Waals surface area contributed by atoms with Gasteiger partial charge in [-0.15, -0.1) is 0 Å². The maximum atomic E-state index is 10.3. The Morgan fingerprint density at radius 3 is 1.62 bits per heavy atom. The summed E-state index contributed by atoms with van der Waals surface area (Å²) in [6.45, 7) is 8.46. The minimum absolute atomic E-state index is 0.555. The predicted octanol–water partition coefficient (Wildman–Crippen LogP) is 13.1. The summed E-state index contributed by atoms with van der Waals surface area (Å²) in [6, 6.07) is 63.4. The lowest BCUT2D eigenvalue weighted by Gasteiger charge is -2.20. The van der Waals surface area contributed by atoms with Gasteiger partial charge in [0.05, 0.1) is 50.9 Å². The van der Waals surface area contributed by atoms with Crippen molar-refractivity contribution >= 4 is 71.1 Å². The second-order valence-corrected chi connectivity index (χ2v) is 13.9. The van der Waals surface area contributed by atoms with Crippen molar-refractivity contribution in [1.29, 1.82) is 5.26 Å². The molecule has 3 heterocycles. The molecule has 0 aliphatic heterocycles. The Balaban J connectivity index is 1.21. The van der Waals surface area contributed by atoms with Crippen molar-refractivity contribution in [2.24, 2.45) is 0 Å². The molecular formula is C50H29N5. The van der Waals surface area contributed by atoms with Crippen LogP contribution in [-0.4, -0.2) is 13.7 Å². The molecule has 55 heavy (non-hydrogen) atoms. The zero-order valence-electron chi connectivity index (χ0n) is 29.5. The summed E-state index contributed by atoms with van der Waals surface area (Å²) in [4.78, 5) is 4.14. The van der Waals surface area contributed by atoms with Crippen LogP contribution in [0.2, 0.25) is 0 Å². The Morgan fingerprint density at radius 2 is 0.945 bits per heavy atom. The smallest absolute Gasteiger partial charge is 0.197 e. The SMILES string of the molecule is [C-]#[N+]c1cccc(-n2c3ccccc3c3cc(-n4c5ccccc5c5ccccc54)ccc32)c1-c1ccccc1-n1c2ccccc2c2cccc(C#N)c21. The van der Waals surface area contributed by atoms with Gasteiger partial charge in [-0.2, -0.15) is 5.26 Å². The predicted molar refractivity (Wildman–Crippen MR) is 226 cm³/mol. The standard InChI is InChI=1S/C50H29N5/c1-52-41-21-13-27-48(49(41)39-19-6-11-26-46(39)55-45-25-10-4-17-36(45)38-20-12-14-32(31-51)50(38)55)54-44-24-9-5-18-37(44)40-30-33(28-29-47(40)54)53-42-22-7-2-15-34(42)35-16-3-8-23-43(35)53/h2-30H. The Hall–Kier alpha value is -7.86. The molecule has 0 aliphatic rings. The molecule has 0 amide bonds. The number of benzene rings is 8. The fourth-order valence-corrected chi connectivity index (χ4v) is 8.88. The number of aromatic nitrogens is 3. The van der Waals surface area contributed by atoms with Gasteiger partial charge in [0.2, 0.25) is 0 Å². The number of rotatable bonds is 4. The molecule has 0 unspecified atom stereocenters. The van der Waals surface area contributed by atoms with Crippen LogP contribution in [0.25, 0.3) is 98.5 Å². The first-order valence-electron chi connectivity index (χ1n) is 18.3. The van der Waals surface area contributed by atoms with Gasteiger partial charge < -0.3 is 13.7 Å². The Kier molecular flexibility index (Phi) is 6.61. The average molecular weight is 700 g/mol. The van der Waals surface area contributed by atoms with Crippen molar-refractivity contribution in [3.05, 3.63) is 193 Å². The van der Waals surface area contributed by atoms with Crippen molar-refractivity contribution in [3.63, 3.8) is 0 Å². The second kappa shape index (κ2) is 11.8. The Morgan fingerprint density at radius 1 is 0.436 bits per heavy atom. The van der Waals surface area contributed by atoms with Crippen LogP contribution in [0.4, 0.5) is 5.69 Å². The highest BCUT2D eigenvalue weighted by atomic mass is 15.0. The first kappa shape index (κ1) is 30.7. The van der Waals surface area contributed by atoms with Crippen molar-refractivity contribution in [2.45, 2.75) is 0 Å². The highest BCUT2D eigenvalue weighted by molar-refractivity contribution is 6.14. The first-order chi connectivity index (χ1) is 27.2. The van der Waals surface area contributed by atoms with E-state index in [2.05, 4.69) is 152 Å². The molecule has 5 nitrogen and oxygen atoms in total. The summed E-state index contributed by atoms with van der Waals surface area (Å²) in [5, 5.41) is 17.2. The maximum Gasteiger partial charge on any atom is 0.197 e. The third-order valence-electron chi connectivity index (χ3n) is 11.1. The summed E-state index contributed by atoms with van der Waals surface area (Å²) < 4.78 is 6.87. The summed E-state index contributed by atoms with van der Waals surface area (Å²) >= 11 is 0. The highest BCUT2D eigenvalue weighted by Crippen LogP contribution is 2.45. The van der Waals surface area contributed by atoms with E-state index in [1.54, 1.807) is 0 Å². The minimum Gasteiger partial charge on any atom is -0.310 e. The van der Waals surface area contributed by atoms with Crippen LogP contribution in [0.1, 0.15) is 5.56 Å². The van der Waals surface area contributed by atoms with Crippen molar-refractivity contribution in [3.8, 4) is 34.3 Å². The zero-order chi connectivity index (χ0) is 36.6. The molecule has 11 aromatic rings. The molecule has 254 valence electrons. The maximum absolute atomic E-state index is 10.3. The van der Waals surface area contributed by atoms with Gasteiger partial charge in [-0.3, -0.25) is 0 Å². The number of nitriles is 1. The molecule has 0 aliphatic carbocycles. The van der Waals surface area contributed by atoms with Crippen LogP contribution in [0.5, 0.6) is 0 Å². The molecule has 5 heteroatoms. The third kappa shape index (κ3) is 4.33. The molecule has 0 saturated heterocycles. The van der Waals surface area contributed by atoms with Crippen LogP contribution >= 0.6 is 0 Å². The summed E-state index contributed by atoms with van der Waals surface area (Å²) in [6.07, 6.45) is 0. The number of para-hydroxylation sites is 6. The van der Waals surface area contributed by atoms with Gasteiger partial charge in [-0.1, -0.05) is 115 Å². The molecule has 3 aromatic heterocycles. The van der Waals surface area contributed by atoms with E-state index in [-0.39, 0.29) is 0 Å². The van der Waals surface area contributed by atoms with Crippen molar-refractivity contribution < 1.29 is 0 Å². The first-order valence-corrected chi connectivity index (χ1v) is 18.3. The zero-order valence-corrected chi connectivity index (χ0v) is 29.5. The number of hydrogen-bond acceptors (Lipinski definition) is 1. The third-order valence-corrected chi connectivity index (χ3v) is 11.1. The molecule has 0 N–H and O–H groups in total. The van der Waals surface area contributed by atoms with Gasteiger partial charge in [0, 0.05) is 49.3 Å². The summed E-state index contributed by atoms with van der Waals surface area (Å²) in [5.74, 6) is 0. The van der Waals surface area contributed by atoms with Gasteiger partial charge in [0.1, 0.15) is 6.07 Å². The highest BCUT2D eigenvalue weighted by Gasteiger charge is 2.23. The van der Waals surface area contributed by atoms with Gasteiger partial charge in [-0.25, -0.2) is 4.85 Å². The van der Waals surface area contributed by atoms with Gasteiger partial charge in [0.25, 0.3) is 0 Å². The fraction of sp³-hybridized carbons (Fsp3) is 0.